The molecule has 0 saturated carbocycles. The molecule has 0 bridgehead atoms. The molecule has 1 heterocycles. The zero-order chi connectivity index (χ0) is 21.5. The van der Waals surface area contributed by atoms with E-state index in [9.17, 15) is 4.79 Å². The number of carbonyl (C=O) groups is 1. The Morgan fingerprint density at radius 1 is 0.967 bits per heavy atom. The first-order valence-corrected chi connectivity index (χ1v) is 10.7. The average Bonchev–Trinajstić information content (AvgIpc) is 2.79. The van der Waals surface area contributed by atoms with Crippen molar-refractivity contribution in [3.63, 3.8) is 0 Å². The number of quaternary nitrogens is 2. The van der Waals surface area contributed by atoms with Crippen LogP contribution in [0, 0.1) is 0 Å². The topological polar surface area (TPSA) is 47.7 Å². The Bertz CT molecular complexity index is 820. The smallest absolute Gasteiger partial charge is 0.280 e. The molecule has 3 rings (SSSR count). The Labute approximate surface area is 180 Å². The van der Waals surface area contributed by atoms with Crippen molar-refractivity contribution >= 4 is 5.91 Å². The molecule has 6 heteroatoms. The van der Waals surface area contributed by atoms with Gasteiger partial charge in [0, 0.05) is 19.2 Å². The SMILES string of the molecule is COc1ccc(C[NH+]2CC[NH+]([C@H](C)C(=O)N(C)Cc3ccccc3)CC2)cc1OC. The Kier molecular flexibility index (Phi) is 7.71. The summed E-state index contributed by atoms with van der Waals surface area (Å²) < 4.78 is 10.8. The van der Waals surface area contributed by atoms with E-state index in [4.69, 9.17) is 9.47 Å². The lowest BCUT2D eigenvalue weighted by Crippen LogP contribution is -3.29. The van der Waals surface area contributed by atoms with E-state index in [1.165, 1.54) is 16.0 Å². The van der Waals surface area contributed by atoms with Gasteiger partial charge in [0.05, 0.1) is 14.2 Å². The van der Waals surface area contributed by atoms with Crippen LogP contribution in [0.15, 0.2) is 48.5 Å². The molecule has 6 nitrogen and oxygen atoms in total. The highest BCUT2D eigenvalue weighted by Crippen LogP contribution is 2.27. The van der Waals surface area contributed by atoms with E-state index in [1.807, 2.05) is 36.2 Å². The van der Waals surface area contributed by atoms with E-state index in [-0.39, 0.29) is 11.9 Å². The van der Waals surface area contributed by atoms with Crippen LogP contribution < -0.4 is 19.3 Å². The van der Waals surface area contributed by atoms with Crippen molar-refractivity contribution < 1.29 is 24.1 Å². The standard InChI is InChI=1S/C24H33N3O3/c1-19(24(28)25(2)17-20-8-6-5-7-9-20)27-14-12-26(13-15-27)18-21-10-11-22(29-3)23(16-21)30-4/h5-11,16,19H,12-15,17-18H2,1-4H3/p+2/t19-/m1/s1. The van der Waals surface area contributed by atoms with Gasteiger partial charge in [0.2, 0.25) is 0 Å². The number of likely N-dealkylation sites (N-methyl/N-ethyl adjacent to an activating group) is 1. The number of nitrogens with one attached hydrogen (secondary N) is 2. The van der Waals surface area contributed by atoms with Crippen LogP contribution in [0.5, 0.6) is 11.5 Å². The Balaban J connectivity index is 1.50. The molecular weight excluding hydrogens is 378 g/mol. The van der Waals surface area contributed by atoms with Crippen LogP contribution in [0.3, 0.4) is 0 Å². The van der Waals surface area contributed by atoms with Gasteiger partial charge in [0.1, 0.15) is 32.7 Å². The van der Waals surface area contributed by atoms with Gasteiger partial charge >= 0.3 is 0 Å². The Morgan fingerprint density at radius 2 is 1.63 bits per heavy atom. The first-order chi connectivity index (χ1) is 14.5. The molecule has 1 aliphatic heterocycles. The highest BCUT2D eigenvalue weighted by Gasteiger charge is 2.32. The molecule has 1 saturated heterocycles. The molecule has 2 aromatic rings. The molecule has 0 unspecified atom stereocenters. The molecule has 1 fully saturated rings. The van der Waals surface area contributed by atoms with Gasteiger partial charge in [0.25, 0.3) is 5.91 Å². The lowest BCUT2D eigenvalue weighted by Gasteiger charge is -2.34. The average molecular weight is 414 g/mol. The first-order valence-electron chi connectivity index (χ1n) is 10.7. The summed E-state index contributed by atoms with van der Waals surface area (Å²) in [5, 5.41) is 0. The molecule has 1 atom stereocenters. The van der Waals surface area contributed by atoms with Crippen molar-refractivity contribution in [1.29, 1.82) is 0 Å². The molecule has 0 spiro atoms. The van der Waals surface area contributed by atoms with Crippen LogP contribution in [0.25, 0.3) is 0 Å². The molecule has 162 valence electrons. The fourth-order valence-corrected chi connectivity index (χ4v) is 4.25. The Hall–Kier alpha value is -2.57. The van der Waals surface area contributed by atoms with Crippen LogP contribution in [-0.4, -0.2) is 64.3 Å². The monoisotopic (exact) mass is 413 g/mol. The summed E-state index contributed by atoms with van der Waals surface area (Å²) >= 11 is 0. The summed E-state index contributed by atoms with van der Waals surface area (Å²) in [6, 6.07) is 16.3. The lowest BCUT2D eigenvalue weighted by atomic mass is 10.1. The number of piperazine rings is 1. The van der Waals surface area contributed by atoms with Gasteiger partial charge in [-0.2, -0.15) is 0 Å². The van der Waals surface area contributed by atoms with Crippen LogP contribution in [0.1, 0.15) is 18.1 Å². The highest BCUT2D eigenvalue weighted by atomic mass is 16.5. The molecule has 0 aliphatic carbocycles. The number of carbonyl (C=O) groups excluding carboxylic acids is 1. The molecule has 2 N–H and O–H groups in total. The number of rotatable bonds is 8. The number of amides is 1. The normalized spacial score (nSPS) is 19.7. The van der Waals surface area contributed by atoms with E-state index in [2.05, 4.69) is 31.2 Å². The third-order valence-corrected chi connectivity index (χ3v) is 6.12. The summed E-state index contributed by atoms with van der Waals surface area (Å²) in [4.78, 5) is 17.7. The number of benzene rings is 2. The Morgan fingerprint density at radius 3 is 2.27 bits per heavy atom. The van der Waals surface area contributed by atoms with E-state index < -0.39 is 0 Å². The molecular formula is C24H35N3O3+2. The van der Waals surface area contributed by atoms with Crippen molar-refractivity contribution in [2.45, 2.75) is 26.1 Å². The zero-order valence-corrected chi connectivity index (χ0v) is 18.6. The van der Waals surface area contributed by atoms with Crippen LogP contribution in [-0.2, 0) is 17.9 Å². The summed E-state index contributed by atoms with van der Waals surface area (Å²) in [6.45, 7) is 7.83. The second-order valence-electron chi connectivity index (χ2n) is 8.18. The summed E-state index contributed by atoms with van der Waals surface area (Å²) in [6.07, 6.45) is 0. The maximum atomic E-state index is 12.9. The summed E-state index contributed by atoms with van der Waals surface area (Å²) in [5.41, 5.74) is 2.41. The minimum atomic E-state index is -0.0126. The van der Waals surface area contributed by atoms with Gasteiger partial charge in [0.15, 0.2) is 17.5 Å². The van der Waals surface area contributed by atoms with Crippen LogP contribution in [0.2, 0.25) is 0 Å². The second kappa shape index (κ2) is 10.5. The highest BCUT2D eigenvalue weighted by molar-refractivity contribution is 5.79. The van der Waals surface area contributed by atoms with Crippen LogP contribution in [0.4, 0.5) is 0 Å². The molecule has 0 aromatic heterocycles. The van der Waals surface area contributed by atoms with Crippen molar-refractivity contribution in [3.05, 3.63) is 59.7 Å². The van der Waals surface area contributed by atoms with Crippen molar-refractivity contribution in [1.82, 2.24) is 4.90 Å². The third-order valence-electron chi connectivity index (χ3n) is 6.12. The number of hydrogen-bond acceptors (Lipinski definition) is 3. The zero-order valence-electron chi connectivity index (χ0n) is 18.6. The first kappa shape index (κ1) is 22.1. The maximum Gasteiger partial charge on any atom is 0.280 e. The fourth-order valence-electron chi connectivity index (χ4n) is 4.25. The predicted octanol–water partition coefficient (Wildman–Crippen LogP) is 0.0343. The second-order valence-corrected chi connectivity index (χ2v) is 8.18. The van der Waals surface area contributed by atoms with E-state index in [1.54, 1.807) is 19.1 Å². The van der Waals surface area contributed by atoms with E-state index in [0.29, 0.717) is 6.54 Å². The van der Waals surface area contributed by atoms with E-state index in [0.717, 1.165) is 44.2 Å². The predicted molar refractivity (Wildman–Crippen MR) is 117 cm³/mol. The largest absolute Gasteiger partial charge is 0.493 e. The van der Waals surface area contributed by atoms with Gasteiger partial charge in [-0.15, -0.1) is 0 Å². The number of hydrogen-bond donors (Lipinski definition) is 2. The van der Waals surface area contributed by atoms with Crippen molar-refractivity contribution in [2.24, 2.45) is 0 Å². The third kappa shape index (κ3) is 5.52. The number of ether oxygens (including phenoxy) is 2. The molecule has 1 aliphatic rings. The van der Waals surface area contributed by atoms with Crippen LogP contribution >= 0.6 is 0 Å². The lowest BCUT2D eigenvalue weighted by molar-refractivity contribution is -1.02. The molecule has 2 aromatic carbocycles. The molecule has 1 amide bonds. The fraction of sp³-hybridized carbons (Fsp3) is 0.458. The van der Waals surface area contributed by atoms with E-state index >= 15 is 0 Å². The minimum absolute atomic E-state index is 0.0126. The van der Waals surface area contributed by atoms with Crippen molar-refractivity contribution in [3.8, 4) is 11.5 Å². The summed E-state index contributed by atoms with van der Waals surface area (Å²) in [5.74, 6) is 1.76. The van der Waals surface area contributed by atoms with Gasteiger partial charge < -0.3 is 24.2 Å². The van der Waals surface area contributed by atoms with Gasteiger partial charge in [-0.3, -0.25) is 4.79 Å². The number of methoxy groups -OCH3 is 2. The maximum absolute atomic E-state index is 12.9. The van der Waals surface area contributed by atoms with Gasteiger partial charge in [-0.05, 0) is 30.7 Å². The molecule has 0 radical (unpaired) electrons. The van der Waals surface area contributed by atoms with Crippen molar-refractivity contribution in [2.75, 3.05) is 47.4 Å². The number of nitrogens with zero attached hydrogens (tertiary/aromatic N) is 1. The summed E-state index contributed by atoms with van der Waals surface area (Å²) in [7, 11) is 5.23. The molecule has 30 heavy (non-hydrogen) atoms. The minimum Gasteiger partial charge on any atom is -0.493 e. The quantitative estimate of drug-likeness (QED) is 0.642. The van der Waals surface area contributed by atoms with Gasteiger partial charge in [-0.1, -0.05) is 30.3 Å². The van der Waals surface area contributed by atoms with Gasteiger partial charge in [-0.25, -0.2) is 0 Å².